The standard InChI is InChI=1S/C19H19N3O4/c1-24-16-9-5-6-14(12-16)19-22-21-18(26-19)10-11-20-17(23)13-25-15-7-3-2-4-8-15/h2-9,12H,10-11,13H2,1H3,(H,20,23). The van der Waals surface area contributed by atoms with Gasteiger partial charge in [-0.05, 0) is 30.3 Å². The Bertz CT molecular complexity index is 849. The molecule has 0 saturated heterocycles. The Morgan fingerprint density at radius 2 is 1.88 bits per heavy atom. The normalized spacial score (nSPS) is 10.3. The summed E-state index contributed by atoms with van der Waals surface area (Å²) < 4.78 is 16.2. The molecule has 7 heteroatoms. The first kappa shape index (κ1) is 17.5. The summed E-state index contributed by atoms with van der Waals surface area (Å²) in [6, 6.07) is 16.6. The largest absolute Gasteiger partial charge is 0.497 e. The molecule has 3 aromatic rings. The molecule has 0 bridgehead atoms. The van der Waals surface area contributed by atoms with Gasteiger partial charge >= 0.3 is 0 Å². The van der Waals surface area contributed by atoms with E-state index < -0.39 is 0 Å². The van der Waals surface area contributed by atoms with Gasteiger partial charge in [0.15, 0.2) is 6.61 Å². The van der Waals surface area contributed by atoms with E-state index in [-0.39, 0.29) is 12.5 Å². The van der Waals surface area contributed by atoms with Crippen LogP contribution in [0.2, 0.25) is 0 Å². The lowest BCUT2D eigenvalue weighted by atomic mass is 10.2. The molecule has 1 heterocycles. The molecule has 26 heavy (non-hydrogen) atoms. The SMILES string of the molecule is COc1cccc(-c2nnc(CCNC(=O)COc3ccccc3)o2)c1. The minimum absolute atomic E-state index is 0.0388. The van der Waals surface area contributed by atoms with Gasteiger partial charge in [0.1, 0.15) is 11.5 Å². The van der Waals surface area contributed by atoms with Crippen LogP contribution in [-0.2, 0) is 11.2 Å². The van der Waals surface area contributed by atoms with Gasteiger partial charge in [0.25, 0.3) is 5.91 Å². The molecular weight excluding hydrogens is 334 g/mol. The van der Waals surface area contributed by atoms with Crippen LogP contribution in [0, 0.1) is 0 Å². The van der Waals surface area contributed by atoms with E-state index in [4.69, 9.17) is 13.9 Å². The molecule has 1 amide bonds. The van der Waals surface area contributed by atoms with Gasteiger partial charge in [0.2, 0.25) is 11.8 Å². The van der Waals surface area contributed by atoms with E-state index in [0.717, 1.165) is 5.56 Å². The van der Waals surface area contributed by atoms with Crippen LogP contribution in [0.15, 0.2) is 59.0 Å². The van der Waals surface area contributed by atoms with E-state index in [2.05, 4.69) is 15.5 Å². The lowest BCUT2D eigenvalue weighted by Crippen LogP contribution is -2.30. The number of carbonyl (C=O) groups is 1. The summed E-state index contributed by atoms with van der Waals surface area (Å²) in [4.78, 5) is 11.8. The first-order chi connectivity index (χ1) is 12.7. The Balaban J connectivity index is 1.45. The van der Waals surface area contributed by atoms with Gasteiger partial charge < -0.3 is 19.2 Å². The van der Waals surface area contributed by atoms with Crippen molar-refractivity contribution >= 4 is 5.91 Å². The van der Waals surface area contributed by atoms with Crippen molar-refractivity contribution in [3.8, 4) is 23.0 Å². The van der Waals surface area contributed by atoms with Crippen LogP contribution in [0.5, 0.6) is 11.5 Å². The van der Waals surface area contributed by atoms with Crippen LogP contribution < -0.4 is 14.8 Å². The number of ether oxygens (including phenoxy) is 2. The van der Waals surface area contributed by atoms with Crippen molar-refractivity contribution < 1.29 is 18.7 Å². The number of methoxy groups -OCH3 is 1. The van der Waals surface area contributed by atoms with Gasteiger partial charge in [-0.2, -0.15) is 0 Å². The molecule has 0 aliphatic heterocycles. The summed E-state index contributed by atoms with van der Waals surface area (Å²) in [6.07, 6.45) is 0.439. The van der Waals surface area contributed by atoms with E-state index in [1.165, 1.54) is 0 Å². The predicted octanol–water partition coefficient (Wildman–Crippen LogP) is 2.48. The summed E-state index contributed by atoms with van der Waals surface area (Å²) in [7, 11) is 1.60. The molecule has 0 saturated carbocycles. The summed E-state index contributed by atoms with van der Waals surface area (Å²) in [5.74, 6) is 2.03. The van der Waals surface area contributed by atoms with Crippen molar-refractivity contribution in [3.05, 3.63) is 60.5 Å². The minimum atomic E-state index is -0.207. The molecule has 0 radical (unpaired) electrons. The molecular formula is C19H19N3O4. The third-order valence-electron chi connectivity index (χ3n) is 3.56. The summed E-state index contributed by atoms with van der Waals surface area (Å²) >= 11 is 0. The molecule has 2 aromatic carbocycles. The predicted molar refractivity (Wildman–Crippen MR) is 94.9 cm³/mol. The van der Waals surface area contributed by atoms with Crippen LogP contribution >= 0.6 is 0 Å². The Labute approximate surface area is 151 Å². The summed E-state index contributed by atoms with van der Waals surface area (Å²) in [5.41, 5.74) is 0.781. The van der Waals surface area contributed by atoms with E-state index in [1.807, 2.05) is 42.5 Å². The van der Waals surface area contributed by atoms with E-state index >= 15 is 0 Å². The lowest BCUT2D eigenvalue weighted by molar-refractivity contribution is -0.123. The third kappa shape index (κ3) is 4.83. The smallest absolute Gasteiger partial charge is 0.257 e. The fraction of sp³-hybridized carbons (Fsp3) is 0.211. The molecule has 134 valence electrons. The van der Waals surface area contributed by atoms with Crippen molar-refractivity contribution in [3.63, 3.8) is 0 Å². The van der Waals surface area contributed by atoms with Crippen LogP contribution in [0.1, 0.15) is 5.89 Å². The first-order valence-corrected chi connectivity index (χ1v) is 8.16. The van der Waals surface area contributed by atoms with Crippen LogP contribution in [-0.4, -0.2) is 36.4 Å². The average Bonchev–Trinajstić information content (AvgIpc) is 3.16. The molecule has 0 atom stereocenters. The zero-order valence-corrected chi connectivity index (χ0v) is 14.3. The zero-order valence-electron chi connectivity index (χ0n) is 14.3. The number of carbonyl (C=O) groups excluding carboxylic acids is 1. The number of hydrogen-bond donors (Lipinski definition) is 1. The van der Waals surface area contributed by atoms with Crippen molar-refractivity contribution in [1.29, 1.82) is 0 Å². The highest BCUT2D eigenvalue weighted by Crippen LogP contribution is 2.22. The Morgan fingerprint density at radius 1 is 1.08 bits per heavy atom. The Hall–Kier alpha value is -3.35. The topological polar surface area (TPSA) is 86.5 Å². The van der Waals surface area contributed by atoms with Crippen molar-refractivity contribution in [2.75, 3.05) is 20.3 Å². The fourth-order valence-corrected chi connectivity index (χ4v) is 2.25. The monoisotopic (exact) mass is 353 g/mol. The van der Waals surface area contributed by atoms with Crippen LogP contribution in [0.3, 0.4) is 0 Å². The number of para-hydroxylation sites is 1. The van der Waals surface area contributed by atoms with Gasteiger partial charge in [0, 0.05) is 18.5 Å². The third-order valence-corrected chi connectivity index (χ3v) is 3.56. The maximum Gasteiger partial charge on any atom is 0.257 e. The average molecular weight is 353 g/mol. The number of nitrogens with zero attached hydrogens (tertiary/aromatic N) is 2. The van der Waals surface area contributed by atoms with Gasteiger partial charge in [0.05, 0.1) is 7.11 Å². The molecule has 0 fully saturated rings. The highest BCUT2D eigenvalue weighted by Gasteiger charge is 2.10. The van der Waals surface area contributed by atoms with Gasteiger partial charge in [-0.25, -0.2) is 0 Å². The Morgan fingerprint density at radius 3 is 2.69 bits per heavy atom. The maximum absolute atomic E-state index is 11.8. The number of nitrogens with one attached hydrogen (secondary N) is 1. The molecule has 0 aliphatic carbocycles. The summed E-state index contributed by atoms with van der Waals surface area (Å²) in [6.45, 7) is 0.347. The highest BCUT2D eigenvalue weighted by molar-refractivity contribution is 5.77. The number of rotatable bonds is 8. The van der Waals surface area contributed by atoms with E-state index in [9.17, 15) is 4.79 Å². The molecule has 0 unspecified atom stereocenters. The summed E-state index contributed by atoms with van der Waals surface area (Å²) in [5, 5.41) is 10.8. The van der Waals surface area contributed by atoms with Gasteiger partial charge in [-0.15, -0.1) is 10.2 Å². The fourth-order valence-electron chi connectivity index (χ4n) is 2.25. The second-order valence-electron chi connectivity index (χ2n) is 5.43. The minimum Gasteiger partial charge on any atom is -0.497 e. The molecule has 0 spiro atoms. The van der Waals surface area contributed by atoms with Crippen LogP contribution in [0.4, 0.5) is 0 Å². The maximum atomic E-state index is 11.8. The lowest BCUT2D eigenvalue weighted by Gasteiger charge is -2.06. The van der Waals surface area contributed by atoms with Gasteiger partial charge in [-0.3, -0.25) is 4.79 Å². The van der Waals surface area contributed by atoms with Crippen molar-refractivity contribution in [2.45, 2.75) is 6.42 Å². The number of aromatic nitrogens is 2. The Kier molecular flexibility index (Phi) is 5.82. The van der Waals surface area contributed by atoms with Crippen molar-refractivity contribution in [2.24, 2.45) is 0 Å². The second kappa shape index (κ2) is 8.66. The molecule has 3 rings (SSSR count). The molecule has 7 nitrogen and oxygen atoms in total. The van der Waals surface area contributed by atoms with Crippen LogP contribution in [0.25, 0.3) is 11.5 Å². The van der Waals surface area contributed by atoms with Gasteiger partial charge in [-0.1, -0.05) is 24.3 Å². The second-order valence-corrected chi connectivity index (χ2v) is 5.43. The number of amides is 1. The van der Waals surface area contributed by atoms with E-state index in [1.54, 1.807) is 19.2 Å². The first-order valence-electron chi connectivity index (χ1n) is 8.16. The quantitative estimate of drug-likeness (QED) is 0.669. The zero-order chi connectivity index (χ0) is 18.2. The highest BCUT2D eigenvalue weighted by atomic mass is 16.5. The molecule has 0 aliphatic rings. The van der Waals surface area contributed by atoms with Crippen molar-refractivity contribution in [1.82, 2.24) is 15.5 Å². The number of hydrogen-bond acceptors (Lipinski definition) is 6. The molecule has 1 N–H and O–H groups in total. The number of benzene rings is 2. The molecule has 1 aromatic heterocycles. The van der Waals surface area contributed by atoms with E-state index in [0.29, 0.717) is 36.2 Å².